The van der Waals surface area contributed by atoms with Crippen LogP contribution in [0.3, 0.4) is 0 Å². The number of nitrogens with zero attached hydrogens (tertiary/aromatic N) is 1. The van der Waals surface area contributed by atoms with E-state index in [2.05, 4.69) is 0 Å². The van der Waals surface area contributed by atoms with Crippen LogP contribution in [0.15, 0.2) is 0 Å². The van der Waals surface area contributed by atoms with E-state index in [9.17, 15) is 18.4 Å². The summed E-state index contributed by atoms with van der Waals surface area (Å²) in [5.41, 5.74) is -2.67. The molecule has 0 bridgehead atoms. The van der Waals surface area contributed by atoms with Crippen LogP contribution in [0.4, 0.5) is 13.6 Å². The fraction of sp³-hybridized carbons (Fsp3) is 0.857. The highest BCUT2D eigenvalue weighted by molar-refractivity contribution is 5.78. The van der Waals surface area contributed by atoms with E-state index in [4.69, 9.17) is 9.47 Å². The molecule has 1 aliphatic rings. The molecule has 5 nitrogen and oxygen atoms in total. The predicted molar refractivity (Wildman–Crippen MR) is 72.1 cm³/mol. The first kappa shape index (κ1) is 17.7. The van der Waals surface area contributed by atoms with E-state index in [0.717, 1.165) is 4.90 Å². The van der Waals surface area contributed by atoms with E-state index in [1.165, 1.54) is 6.92 Å². The zero-order chi connectivity index (χ0) is 16.5. The topological polar surface area (TPSA) is 55.8 Å². The van der Waals surface area contributed by atoms with Crippen LogP contribution in [0.5, 0.6) is 0 Å². The van der Waals surface area contributed by atoms with Gasteiger partial charge >= 0.3 is 12.1 Å². The monoisotopic (exact) mass is 307 g/mol. The van der Waals surface area contributed by atoms with E-state index in [0.29, 0.717) is 0 Å². The second-order valence-electron chi connectivity index (χ2n) is 6.41. The quantitative estimate of drug-likeness (QED) is 0.736. The van der Waals surface area contributed by atoms with Gasteiger partial charge in [-0.05, 0) is 41.0 Å². The van der Waals surface area contributed by atoms with Gasteiger partial charge in [-0.1, -0.05) is 0 Å². The molecule has 1 saturated heterocycles. The van der Waals surface area contributed by atoms with Crippen LogP contribution in [-0.4, -0.2) is 48.2 Å². The third-order valence-electron chi connectivity index (χ3n) is 3.46. The Morgan fingerprint density at radius 1 is 1.29 bits per heavy atom. The highest BCUT2D eigenvalue weighted by atomic mass is 19.3. The van der Waals surface area contributed by atoms with Crippen molar-refractivity contribution in [3.05, 3.63) is 0 Å². The summed E-state index contributed by atoms with van der Waals surface area (Å²) in [4.78, 5) is 24.6. The molecule has 0 aromatic heterocycles. The molecule has 1 amide bonds. The molecule has 21 heavy (non-hydrogen) atoms. The van der Waals surface area contributed by atoms with Crippen molar-refractivity contribution in [1.29, 1.82) is 0 Å². The molecule has 122 valence electrons. The van der Waals surface area contributed by atoms with Crippen molar-refractivity contribution in [1.82, 2.24) is 4.90 Å². The number of esters is 1. The number of alkyl halides is 2. The lowest BCUT2D eigenvalue weighted by Gasteiger charge is -2.43. The Morgan fingerprint density at radius 2 is 1.86 bits per heavy atom. The first-order chi connectivity index (χ1) is 9.43. The molecule has 0 N–H and O–H groups in total. The SMILES string of the molecule is CCOC(=O)[C@]1(C)CCN(C(=O)OC(C)(C)C)CC1(F)F. The van der Waals surface area contributed by atoms with Crippen LogP contribution in [0, 0.1) is 5.41 Å². The van der Waals surface area contributed by atoms with Crippen LogP contribution >= 0.6 is 0 Å². The summed E-state index contributed by atoms with van der Waals surface area (Å²) in [7, 11) is 0. The van der Waals surface area contributed by atoms with Gasteiger partial charge in [-0.2, -0.15) is 0 Å². The number of piperidine rings is 1. The molecule has 0 aromatic rings. The van der Waals surface area contributed by atoms with Crippen LogP contribution < -0.4 is 0 Å². The Balaban J connectivity index is 2.83. The van der Waals surface area contributed by atoms with Gasteiger partial charge in [0, 0.05) is 6.54 Å². The minimum Gasteiger partial charge on any atom is -0.465 e. The third kappa shape index (κ3) is 3.83. The molecule has 1 aliphatic heterocycles. The number of hydrogen-bond donors (Lipinski definition) is 0. The number of carbonyl (C=O) groups is 2. The first-order valence-corrected chi connectivity index (χ1v) is 6.96. The van der Waals surface area contributed by atoms with E-state index >= 15 is 0 Å². The summed E-state index contributed by atoms with van der Waals surface area (Å²) in [5, 5.41) is 0. The van der Waals surface area contributed by atoms with Crippen molar-refractivity contribution < 1.29 is 27.8 Å². The summed E-state index contributed by atoms with van der Waals surface area (Å²) in [6.07, 6.45) is -0.967. The lowest BCUT2D eigenvalue weighted by molar-refractivity contribution is -0.196. The first-order valence-electron chi connectivity index (χ1n) is 6.96. The molecule has 0 spiro atoms. The number of hydrogen-bond acceptors (Lipinski definition) is 4. The van der Waals surface area contributed by atoms with Gasteiger partial charge in [0.1, 0.15) is 11.0 Å². The van der Waals surface area contributed by atoms with Crippen LogP contribution in [0.2, 0.25) is 0 Å². The minimum absolute atomic E-state index is 0.0276. The van der Waals surface area contributed by atoms with Gasteiger partial charge in [-0.25, -0.2) is 13.6 Å². The maximum Gasteiger partial charge on any atom is 0.410 e. The number of carbonyl (C=O) groups excluding carboxylic acids is 2. The highest BCUT2D eigenvalue weighted by Crippen LogP contribution is 2.44. The molecule has 1 atom stereocenters. The van der Waals surface area contributed by atoms with Gasteiger partial charge in [0.05, 0.1) is 13.2 Å². The smallest absolute Gasteiger partial charge is 0.410 e. The zero-order valence-electron chi connectivity index (χ0n) is 13.2. The lowest BCUT2D eigenvalue weighted by atomic mass is 9.77. The van der Waals surface area contributed by atoms with Crippen LogP contribution in [0.1, 0.15) is 41.0 Å². The van der Waals surface area contributed by atoms with Crippen molar-refractivity contribution in [3.63, 3.8) is 0 Å². The summed E-state index contributed by atoms with van der Waals surface area (Å²) in [6, 6.07) is 0. The molecule has 1 rings (SSSR count). The fourth-order valence-corrected chi connectivity index (χ4v) is 2.06. The standard InChI is InChI=1S/C14H23F2NO4/c1-6-20-10(18)13(5)7-8-17(9-14(13,15)16)11(19)21-12(2,3)4/h6-9H2,1-5H3/t13-/m0/s1. The van der Waals surface area contributed by atoms with Gasteiger partial charge in [0.15, 0.2) is 0 Å². The number of likely N-dealkylation sites (tertiary alicyclic amines) is 1. The molecule has 0 aromatic carbocycles. The lowest BCUT2D eigenvalue weighted by Crippen LogP contribution is -2.59. The van der Waals surface area contributed by atoms with Gasteiger partial charge in [0.2, 0.25) is 0 Å². The minimum atomic E-state index is -3.37. The maximum atomic E-state index is 14.3. The van der Waals surface area contributed by atoms with E-state index < -0.39 is 35.5 Å². The number of ether oxygens (including phenoxy) is 2. The second kappa shape index (κ2) is 5.77. The highest BCUT2D eigenvalue weighted by Gasteiger charge is 2.60. The van der Waals surface area contributed by atoms with Crippen molar-refractivity contribution >= 4 is 12.1 Å². The normalized spacial score (nSPS) is 25.4. The molecule has 1 heterocycles. The Bertz CT molecular complexity index is 420. The van der Waals surface area contributed by atoms with Gasteiger partial charge in [-0.3, -0.25) is 4.79 Å². The van der Waals surface area contributed by atoms with E-state index in [1.54, 1.807) is 27.7 Å². The third-order valence-corrected chi connectivity index (χ3v) is 3.46. The van der Waals surface area contributed by atoms with Crippen LogP contribution in [-0.2, 0) is 14.3 Å². The Labute approximate surface area is 123 Å². The molecular weight excluding hydrogens is 284 g/mol. The summed E-state index contributed by atoms with van der Waals surface area (Å²) in [6.45, 7) is 6.95. The largest absolute Gasteiger partial charge is 0.465 e. The molecule has 0 aliphatic carbocycles. The fourth-order valence-electron chi connectivity index (χ4n) is 2.06. The molecule has 7 heteroatoms. The van der Waals surface area contributed by atoms with Crippen molar-refractivity contribution in [2.75, 3.05) is 19.7 Å². The van der Waals surface area contributed by atoms with Gasteiger partial charge in [0.25, 0.3) is 5.92 Å². The zero-order valence-corrected chi connectivity index (χ0v) is 13.2. The predicted octanol–water partition coefficient (Wildman–Crippen LogP) is 2.83. The summed E-state index contributed by atoms with van der Waals surface area (Å²) >= 11 is 0. The Morgan fingerprint density at radius 3 is 2.29 bits per heavy atom. The van der Waals surface area contributed by atoms with Gasteiger partial charge < -0.3 is 14.4 Å². The van der Waals surface area contributed by atoms with Gasteiger partial charge in [-0.15, -0.1) is 0 Å². The van der Waals surface area contributed by atoms with Crippen molar-refractivity contribution in [2.45, 2.75) is 52.6 Å². The summed E-state index contributed by atoms with van der Waals surface area (Å²) in [5.74, 6) is -4.30. The molecule has 0 radical (unpaired) electrons. The molecular formula is C14H23F2NO4. The summed E-state index contributed by atoms with van der Waals surface area (Å²) < 4.78 is 38.5. The van der Waals surface area contributed by atoms with Crippen molar-refractivity contribution in [3.8, 4) is 0 Å². The Hall–Kier alpha value is -1.40. The average molecular weight is 307 g/mol. The average Bonchev–Trinajstić information content (AvgIpc) is 2.30. The second-order valence-corrected chi connectivity index (χ2v) is 6.41. The number of amides is 1. The number of halogens is 2. The van der Waals surface area contributed by atoms with E-state index in [1.807, 2.05) is 0 Å². The molecule has 1 fully saturated rings. The maximum absolute atomic E-state index is 14.3. The van der Waals surface area contributed by atoms with Crippen LogP contribution in [0.25, 0.3) is 0 Å². The number of rotatable bonds is 2. The van der Waals surface area contributed by atoms with Crippen molar-refractivity contribution in [2.24, 2.45) is 5.41 Å². The van der Waals surface area contributed by atoms with E-state index in [-0.39, 0.29) is 19.6 Å². The Kier molecular flexibility index (Phi) is 4.85. The molecule has 0 unspecified atom stereocenters. The molecule has 0 saturated carbocycles.